The van der Waals surface area contributed by atoms with Gasteiger partial charge in [-0.3, -0.25) is 9.59 Å². The van der Waals surface area contributed by atoms with Crippen LogP contribution in [0.3, 0.4) is 0 Å². The van der Waals surface area contributed by atoms with Crippen molar-refractivity contribution < 1.29 is 19.1 Å². The Balaban J connectivity index is 1.73. The zero-order valence-electron chi connectivity index (χ0n) is 13.3. The summed E-state index contributed by atoms with van der Waals surface area (Å²) in [5.41, 5.74) is 6.12. The number of fused-ring (bicyclic) bond motifs is 1. The lowest BCUT2D eigenvalue weighted by molar-refractivity contribution is -0.133. The smallest absolute Gasteiger partial charge is 0.246 e. The second-order valence-electron chi connectivity index (χ2n) is 6.09. The molecule has 0 aromatic heterocycles. The molecule has 3 rings (SSSR count). The van der Waals surface area contributed by atoms with Crippen molar-refractivity contribution in [1.82, 2.24) is 4.90 Å². The standard InChI is InChI=1S/C17H19ClN2O4/c1-10-2-4-12(17(19)22)8-20(10)15(21)5-3-11-6-13(18)16-14(7-11)23-9-24-16/h3,5-7,10,12H,2,4,8-9H2,1H3,(H2,19,22). The summed E-state index contributed by atoms with van der Waals surface area (Å²) in [4.78, 5) is 25.5. The van der Waals surface area contributed by atoms with Crippen LogP contribution >= 0.6 is 11.6 Å². The van der Waals surface area contributed by atoms with Gasteiger partial charge in [-0.25, -0.2) is 0 Å². The van der Waals surface area contributed by atoms with Gasteiger partial charge in [0.25, 0.3) is 0 Å². The molecule has 0 radical (unpaired) electrons. The molecule has 0 saturated carbocycles. The number of nitrogens with two attached hydrogens (primary N) is 1. The predicted octanol–water partition coefficient (Wildman–Crippen LogP) is 2.19. The number of ether oxygens (including phenoxy) is 2. The number of hydrogen-bond donors (Lipinski definition) is 1. The number of likely N-dealkylation sites (tertiary alicyclic amines) is 1. The molecule has 1 fully saturated rings. The predicted molar refractivity (Wildman–Crippen MR) is 89.7 cm³/mol. The van der Waals surface area contributed by atoms with Crippen molar-refractivity contribution in [1.29, 1.82) is 0 Å². The molecule has 2 atom stereocenters. The molecule has 0 aliphatic carbocycles. The Kier molecular flexibility index (Phi) is 4.66. The van der Waals surface area contributed by atoms with E-state index in [1.165, 1.54) is 6.08 Å². The molecular weight excluding hydrogens is 332 g/mol. The largest absolute Gasteiger partial charge is 0.454 e. The van der Waals surface area contributed by atoms with E-state index in [2.05, 4.69) is 0 Å². The molecule has 2 unspecified atom stereocenters. The molecule has 2 aliphatic heterocycles. The molecule has 7 heteroatoms. The first-order valence-corrected chi connectivity index (χ1v) is 8.20. The summed E-state index contributed by atoms with van der Waals surface area (Å²) in [6.07, 6.45) is 4.65. The lowest BCUT2D eigenvalue weighted by Crippen LogP contribution is -2.48. The molecule has 1 aromatic rings. The van der Waals surface area contributed by atoms with E-state index in [0.29, 0.717) is 23.1 Å². The monoisotopic (exact) mass is 350 g/mol. The van der Waals surface area contributed by atoms with Gasteiger partial charge in [0.15, 0.2) is 11.5 Å². The maximum Gasteiger partial charge on any atom is 0.246 e. The molecule has 0 bridgehead atoms. The van der Waals surface area contributed by atoms with Gasteiger partial charge in [0, 0.05) is 18.7 Å². The lowest BCUT2D eigenvalue weighted by atomic mass is 9.93. The average molecular weight is 351 g/mol. The first-order valence-electron chi connectivity index (χ1n) is 7.83. The van der Waals surface area contributed by atoms with Crippen LogP contribution in [0.4, 0.5) is 0 Å². The Morgan fingerprint density at radius 3 is 2.88 bits per heavy atom. The van der Waals surface area contributed by atoms with Gasteiger partial charge in [0.2, 0.25) is 18.6 Å². The highest BCUT2D eigenvalue weighted by Gasteiger charge is 2.30. The van der Waals surface area contributed by atoms with E-state index in [0.717, 1.165) is 18.4 Å². The maximum atomic E-state index is 12.5. The highest BCUT2D eigenvalue weighted by Crippen LogP contribution is 2.40. The van der Waals surface area contributed by atoms with E-state index < -0.39 is 0 Å². The SMILES string of the molecule is CC1CCC(C(N)=O)CN1C(=O)C=Cc1cc(Cl)c2c(c1)OCO2. The number of primary amides is 1. The van der Waals surface area contributed by atoms with E-state index in [1.807, 2.05) is 6.92 Å². The molecule has 128 valence electrons. The number of benzene rings is 1. The van der Waals surface area contributed by atoms with Crippen LogP contribution in [0, 0.1) is 5.92 Å². The Morgan fingerprint density at radius 1 is 1.33 bits per heavy atom. The summed E-state index contributed by atoms with van der Waals surface area (Å²) in [6.45, 7) is 2.48. The lowest BCUT2D eigenvalue weighted by Gasteiger charge is -2.36. The quantitative estimate of drug-likeness (QED) is 0.847. The summed E-state index contributed by atoms with van der Waals surface area (Å²) in [5, 5.41) is 0.442. The number of hydrogen-bond acceptors (Lipinski definition) is 4. The topological polar surface area (TPSA) is 81.9 Å². The van der Waals surface area contributed by atoms with E-state index in [-0.39, 0.29) is 30.6 Å². The van der Waals surface area contributed by atoms with Crippen LogP contribution in [0.2, 0.25) is 5.02 Å². The van der Waals surface area contributed by atoms with Gasteiger partial charge in [-0.1, -0.05) is 11.6 Å². The van der Waals surface area contributed by atoms with Crippen LogP contribution in [0.5, 0.6) is 11.5 Å². The van der Waals surface area contributed by atoms with Crippen molar-refractivity contribution in [3.63, 3.8) is 0 Å². The fourth-order valence-corrected chi connectivity index (χ4v) is 3.27. The van der Waals surface area contributed by atoms with Gasteiger partial charge < -0.3 is 20.1 Å². The fraction of sp³-hybridized carbons (Fsp3) is 0.412. The number of piperidine rings is 1. The molecule has 0 spiro atoms. The number of carbonyl (C=O) groups excluding carboxylic acids is 2. The third kappa shape index (κ3) is 3.33. The van der Waals surface area contributed by atoms with Gasteiger partial charge in [-0.15, -0.1) is 0 Å². The third-order valence-corrected chi connectivity index (χ3v) is 4.72. The summed E-state index contributed by atoms with van der Waals surface area (Å²) in [7, 11) is 0. The third-order valence-electron chi connectivity index (χ3n) is 4.44. The molecule has 2 aliphatic rings. The minimum absolute atomic E-state index is 0.0816. The Morgan fingerprint density at radius 2 is 2.12 bits per heavy atom. The first kappa shape index (κ1) is 16.6. The van der Waals surface area contributed by atoms with E-state index >= 15 is 0 Å². The number of amides is 2. The summed E-state index contributed by atoms with van der Waals surface area (Å²) < 4.78 is 10.6. The Bertz CT molecular complexity index is 704. The molecule has 1 saturated heterocycles. The van der Waals surface area contributed by atoms with Gasteiger partial charge in [-0.05, 0) is 43.5 Å². The van der Waals surface area contributed by atoms with E-state index in [9.17, 15) is 9.59 Å². The summed E-state index contributed by atoms with van der Waals surface area (Å²) in [6, 6.07) is 3.56. The minimum Gasteiger partial charge on any atom is -0.454 e. The first-order chi connectivity index (χ1) is 11.5. The Hall–Kier alpha value is -2.21. The highest BCUT2D eigenvalue weighted by atomic mass is 35.5. The van der Waals surface area contributed by atoms with Crippen LogP contribution in [-0.4, -0.2) is 36.1 Å². The second kappa shape index (κ2) is 6.73. The van der Waals surface area contributed by atoms with Crippen molar-refractivity contribution in [3.05, 3.63) is 28.8 Å². The van der Waals surface area contributed by atoms with Crippen LogP contribution in [0.15, 0.2) is 18.2 Å². The molecule has 2 N–H and O–H groups in total. The fourth-order valence-electron chi connectivity index (χ4n) is 2.99. The van der Waals surface area contributed by atoms with Crippen molar-refractivity contribution in [2.45, 2.75) is 25.8 Å². The van der Waals surface area contributed by atoms with Gasteiger partial charge >= 0.3 is 0 Å². The zero-order valence-corrected chi connectivity index (χ0v) is 14.1. The minimum atomic E-state index is -0.355. The van der Waals surface area contributed by atoms with E-state index in [1.54, 1.807) is 23.1 Å². The van der Waals surface area contributed by atoms with Gasteiger partial charge in [0.1, 0.15) is 0 Å². The highest BCUT2D eigenvalue weighted by molar-refractivity contribution is 6.32. The van der Waals surface area contributed by atoms with Crippen molar-refractivity contribution in [3.8, 4) is 11.5 Å². The number of rotatable bonds is 3. The van der Waals surface area contributed by atoms with Crippen LogP contribution in [0.1, 0.15) is 25.3 Å². The summed E-state index contributed by atoms with van der Waals surface area (Å²) in [5.74, 6) is 0.302. The van der Waals surface area contributed by atoms with Crippen LogP contribution in [-0.2, 0) is 9.59 Å². The second-order valence-corrected chi connectivity index (χ2v) is 6.49. The number of carbonyl (C=O) groups is 2. The van der Waals surface area contributed by atoms with Crippen LogP contribution in [0.25, 0.3) is 6.08 Å². The maximum absolute atomic E-state index is 12.5. The molecule has 24 heavy (non-hydrogen) atoms. The van der Waals surface area contributed by atoms with Gasteiger partial charge in [-0.2, -0.15) is 0 Å². The normalized spacial score (nSPS) is 22.8. The Labute approximate surface area is 145 Å². The van der Waals surface area contributed by atoms with Crippen LogP contribution < -0.4 is 15.2 Å². The molecule has 2 amide bonds. The summed E-state index contributed by atoms with van der Waals surface area (Å²) >= 11 is 6.13. The number of nitrogens with zero attached hydrogens (tertiary/aromatic N) is 1. The van der Waals surface area contributed by atoms with Crippen molar-refractivity contribution in [2.24, 2.45) is 11.7 Å². The van der Waals surface area contributed by atoms with Gasteiger partial charge in [0.05, 0.1) is 10.9 Å². The molecule has 2 heterocycles. The van der Waals surface area contributed by atoms with Crippen molar-refractivity contribution in [2.75, 3.05) is 13.3 Å². The molecule has 1 aromatic carbocycles. The molecule has 6 nitrogen and oxygen atoms in total. The average Bonchev–Trinajstić information content (AvgIpc) is 3.02. The zero-order chi connectivity index (χ0) is 17.3. The molecular formula is C17H19ClN2O4. The van der Waals surface area contributed by atoms with E-state index in [4.69, 9.17) is 26.8 Å². The van der Waals surface area contributed by atoms with Crippen molar-refractivity contribution >= 4 is 29.5 Å². The number of halogens is 1.